The topological polar surface area (TPSA) is 54.0 Å². The molecule has 0 aromatic carbocycles. The molecule has 16 heavy (non-hydrogen) atoms. The second kappa shape index (κ2) is 7.48. The molecule has 0 atom stereocenters. The van der Waals surface area contributed by atoms with Crippen molar-refractivity contribution in [3.63, 3.8) is 0 Å². The Morgan fingerprint density at radius 1 is 1.06 bits per heavy atom. The lowest BCUT2D eigenvalue weighted by Gasteiger charge is -2.29. The lowest BCUT2D eigenvalue weighted by molar-refractivity contribution is -0.481. The summed E-state index contributed by atoms with van der Waals surface area (Å²) in [4.78, 5) is 10.8. The van der Waals surface area contributed by atoms with E-state index in [0.717, 1.165) is 0 Å². The molecule has 0 aliphatic rings. The van der Waals surface area contributed by atoms with Gasteiger partial charge >= 0.3 is 18.6 Å². The van der Waals surface area contributed by atoms with E-state index < -0.39 is 18.6 Å². The molecule has 0 unspecified atom stereocenters. The predicted molar refractivity (Wildman–Crippen MR) is 49.7 cm³/mol. The van der Waals surface area contributed by atoms with Crippen LogP contribution in [-0.2, 0) is 23.7 Å². The highest BCUT2D eigenvalue weighted by molar-refractivity contribution is 5.72. The van der Waals surface area contributed by atoms with E-state index in [1.165, 1.54) is 0 Å². The van der Waals surface area contributed by atoms with Crippen molar-refractivity contribution in [3.8, 4) is 0 Å². The summed E-state index contributed by atoms with van der Waals surface area (Å²) in [6, 6.07) is 0. The normalized spacial score (nSPS) is 11.9. The van der Waals surface area contributed by atoms with Gasteiger partial charge in [0.2, 0.25) is 0 Å². The molecule has 0 heterocycles. The maximum Gasteiger partial charge on any atom is 0.463 e. The van der Waals surface area contributed by atoms with Crippen molar-refractivity contribution < 1.29 is 32.5 Å². The van der Waals surface area contributed by atoms with Crippen molar-refractivity contribution in [1.29, 1.82) is 0 Å². The maximum atomic E-state index is 12.0. The van der Waals surface area contributed by atoms with Crippen LogP contribution in [0.15, 0.2) is 0 Å². The van der Waals surface area contributed by atoms with Gasteiger partial charge in [-0.1, -0.05) is 0 Å². The van der Waals surface area contributed by atoms with Gasteiger partial charge in [-0.25, -0.2) is 4.79 Å². The molecule has 0 amide bonds. The molecule has 0 aromatic heterocycles. The first-order valence-corrected chi connectivity index (χ1v) is 4.94. The fourth-order valence-electron chi connectivity index (χ4n) is 0.911. The molecule has 0 aliphatic heterocycles. The van der Waals surface area contributed by atoms with Crippen LogP contribution in [0.1, 0.15) is 20.8 Å². The summed E-state index contributed by atoms with van der Waals surface area (Å²) >= 11 is 0. The first-order valence-electron chi connectivity index (χ1n) is 4.94. The number of carbonyl (C=O) groups excluding carboxylic acids is 1. The number of ether oxygens (including phenoxy) is 4. The molecular weight excluding hydrogens is 226 g/mol. The highest BCUT2D eigenvalue weighted by Gasteiger charge is 2.40. The van der Waals surface area contributed by atoms with E-state index in [1.807, 2.05) is 0 Å². The Bertz CT molecular complexity index is 193. The monoisotopic (exact) mass is 242 g/mol. The second-order valence-electron chi connectivity index (χ2n) is 2.52. The van der Waals surface area contributed by atoms with Gasteiger partial charge in [0.15, 0.2) is 0 Å². The second-order valence-corrected chi connectivity index (χ2v) is 2.52. The van der Waals surface area contributed by atoms with E-state index in [9.17, 15) is 13.6 Å². The summed E-state index contributed by atoms with van der Waals surface area (Å²) in [6.45, 7) is 5.00. The van der Waals surface area contributed by atoms with Crippen LogP contribution in [0.25, 0.3) is 0 Å². The molecule has 96 valence electrons. The van der Waals surface area contributed by atoms with Crippen molar-refractivity contribution in [2.45, 2.75) is 33.4 Å². The van der Waals surface area contributed by atoms with E-state index in [0.29, 0.717) is 0 Å². The minimum Gasteiger partial charge on any atom is -0.380 e. The summed E-state index contributed by atoms with van der Waals surface area (Å²) in [5, 5.41) is 0. The summed E-state index contributed by atoms with van der Waals surface area (Å²) in [7, 11) is 0. The Labute approximate surface area is 92.6 Å². The molecule has 0 radical (unpaired) electrons. The van der Waals surface area contributed by atoms with E-state index in [1.54, 1.807) is 20.8 Å². The SMILES string of the molecule is CCOC(OCC)(OCC)OC(=O)C(F)F. The van der Waals surface area contributed by atoms with Crippen LogP contribution < -0.4 is 0 Å². The van der Waals surface area contributed by atoms with E-state index >= 15 is 0 Å². The number of hydrogen-bond donors (Lipinski definition) is 0. The summed E-state index contributed by atoms with van der Waals surface area (Å²) in [5.41, 5.74) is 0. The summed E-state index contributed by atoms with van der Waals surface area (Å²) < 4.78 is 43.2. The zero-order valence-electron chi connectivity index (χ0n) is 9.50. The quantitative estimate of drug-likeness (QED) is 0.477. The lowest BCUT2D eigenvalue weighted by Crippen LogP contribution is -2.45. The van der Waals surface area contributed by atoms with Gasteiger partial charge in [0, 0.05) is 0 Å². The number of rotatable bonds is 8. The van der Waals surface area contributed by atoms with E-state index in [2.05, 4.69) is 4.74 Å². The Balaban J connectivity index is 4.64. The third-order valence-corrected chi connectivity index (χ3v) is 1.37. The largest absolute Gasteiger partial charge is 0.463 e. The zero-order chi connectivity index (χ0) is 12.6. The molecule has 0 rings (SSSR count). The molecule has 0 aliphatic carbocycles. The van der Waals surface area contributed by atoms with Crippen molar-refractivity contribution in [3.05, 3.63) is 0 Å². The van der Waals surface area contributed by atoms with Gasteiger partial charge in [-0.05, 0) is 20.8 Å². The van der Waals surface area contributed by atoms with Gasteiger partial charge < -0.3 is 4.74 Å². The number of halogens is 2. The number of carbonyl (C=O) groups is 1. The Kier molecular flexibility index (Phi) is 7.11. The van der Waals surface area contributed by atoms with Crippen LogP contribution in [0.5, 0.6) is 0 Å². The first-order chi connectivity index (χ1) is 7.51. The van der Waals surface area contributed by atoms with Gasteiger partial charge in [-0.3, -0.25) is 14.2 Å². The molecule has 0 saturated carbocycles. The van der Waals surface area contributed by atoms with Gasteiger partial charge in [-0.2, -0.15) is 8.78 Å². The fraction of sp³-hybridized carbons (Fsp3) is 0.889. The molecular formula is C9H16F2O5. The van der Waals surface area contributed by atoms with Crippen LogP contribution in [0, 0.1) is 0 Å². The maximum absolute atomic E-state index is 12.0. The average molecular weight is 242 g/mol. The summed E-state index contributed by atoms with van der Waals surface area (Å²) in [5.74, 6) is -1.75. The molecule has 0 bridgehead atoms. The molecule has 0 N–H and O–H groups in total. The van der Waals surface area contributed by atoms with Gasteiger partial charge in [0.25, 0.3) is 0 Å². The van der Waals surface area contributed by atoms with Crippen molar-refractivity contribution in [2.24, 2.45) is 0 Å². The molecule has 0 saturated heterocycles. The number of esters is 1. The third-order valence-electron chi connectivity index (χ3n) is 1.37. The number of hydrogen-bond acceptors (Lipinski definition) is 5. The lowest BCUT2D eigenvalue weighted by atomic mass is 10.7. The zero-order valence-corrected chi connectivity index (χ0v) is 9.50. The standard InChI is InChI=1S/C9H16F2O5/c1-4-13-9(14-5-2,15-6-3)16-8(12)7(10)11/h7H,4-6H2,1-3H3. The van der Waals surface area contributed by atoms with Gasteiger partial charge in [0.05, 0.1) is 19.8 Å². The molecule has 0 aromatic rings. The first kappa shape index (κ1) is 15.2. The minimum atomic E-state index is -3.26. The summed E-state index contributed by atoms with van der Waals surface area (Å²) in [6.07, 6.45) is -5.44. The van der Waals surface area contributed by atoms with Gasteiger partial charge in [-0.15, -0.1) is 0 Å². The van der Waals surface area contributed by atoms with Crippen molar-refractivity contribution in [2.75, 3.05) is 19.8 Å². The average Bonchev–Trinajstić information content (AvgIpc) is 2.18. The third kappa shape index (κ3) is 4.82. The van der Waals surface area contributed by atoms with Crippen molar-refractivity contribution >= 4 is 5.97 Å². The minimum absolute atomic E-state index is 0.0799. The Morgan fingerprint density at radius 2 is 1.44 bits per heavy atom. The molecule has 0 spiro atoms. The smallest absolute Gasteiger partial charge is 0.380 e. The van der Waals surface area contributed by atoms with E-state index in [4.69, 9.17) is 14.2 Å². The van der Waals surface area contributed by atoms with Gasteiger partial charge in [0.1, 0.15) is 0 Å². The number of alkyl halides is 2. The van der Waals surface area contributed by atoms with Crippen LogP contribution in [0.2, 0.25) is 0 Å². The van der Waals surface area contributed by atoms with Crippen LogP contribution in [0.4, 0.5) is 8.78 Å². The fourth-order valence-corrected chi connectivity index (χ4v) is 0.911. The van der Waals surface area contributed by atoms with Crippen LogP contribution in [-0.4, -0.2) is 38.4 Å². The van der Waals surface area contributed by atoms with E-state index in [-0.39, 0.29) is 19.8 Å². The molecule has 5 nitrogen and oxygen atoms in total. The van der Waals surface area contributed by atoms with Crippen LogP contribution >= 0.6 is 0 Å². The predicted octanol–water partition coefficient (Wildman–Crippen LogP) is 1.52. The Hall–Kier alpha value is -0.790. The highest BCUT2D eigenvalue weighted by Crippen LogP contribution is 2.19. The Morgan fingerprint density at radius 3 is 1.69 bits per heavy atom. The van der Waals surface area contributed by atoms with Crippen molar-refractivity contribution in [1.82, 2.24) is 0 Å². The highest BCUT2D eigenvalue weighted by atomic mass is 19.3. The van der Waals surface area contributed by atoms with Crippen LogP contribution in [0.3, 0.4) is 0 Å². The molecule has 0 fully saturated rings. The molecule has 7 heteroatoms.